The molecule has 0 bridgehead atoms. The summed E-state index contributed by atoms with van der Waals surface area (Å²) in [4.78, 5) is 0.297. The van der Waals surface area contributed by atoms with Gasteiger partial charge in [-0.3, -0.25) is 0 Å². The van der Waals surface area contributed by atoms with E-state index in [0.717, 1.165) is 10.0 Å². The van der Waals surface area contributed by atoms with Crippen LogP contribution < -0.4 is 10.0 Å². The second-order valence-electron chi connectivity index (χ2n) is 4.91. The average Bonchev–Trinajstić information content (AvgIpc) is 2.40. The Labute approximate surface area is 135 Å². The van der Waals surface area contributed by atoms with Crippen LogP contribution in [-0.4, -0.2) is 34.7 Å². The number of nitrogens with one attached hydrogen (secondary N) is 2. The molecule has 1 aromatic rings. The highest BCUT2D eigenvalue weighted by Gasteiger charge is 2.21. The van der Waals surface area contributed by atoms with Gasteiger partial charge in [0.25, 0.3) is 0 Å². The molecule has 1 aromatic carbocycles. The molecule has 0 aromatic heterocycles. The third-order valence-electron chi connectivity index (χ3n) is 2.96. The van der Waals surface area contributed by atoms with Crippen LogP contribution in [0.3, 0.4) is 0 Å². The fraction of sp³-hybridized carbons (Fsp3) is 0.571. The summed E-state index contributed by atoms with van der Waals surface area (Å²) in [5, 5.41) is 3.02. The first-order valence-electron chi connectivity index (χ1n) is 6.85. The lowest BCUT2D eigenvalue weighted by Gasteiger charge is -2.17. The van der Waals surface area contributed by atoms with Gasteiger partial charge in [0.2, 0.25) is 10.0 Å². The summed E-state index contributed by atoms with van der Waals surface area (Å²) in [6.07, 6.45) is 0. The van der Waals surface area contributed by atoms with Crippen LogP contribution in [0.4, 0.5) is 0 Å². The predicted octanol–water partition coefficient (Wildman–Crippen LogP) is 2.18. The van der Waals surface area contributed by atoms with Crippen LogP contribution in [0.25, 0.3) is 0 Å². The Morgan fingerprint density at radius 1 is 1.38 bits per heavy atom. The summed E-state index contributed by atoms with van der Waals surface area (Å²) in [7, 11) is -1.75. The molecule has 2 N–H and O–H groups in total. The van der Waals surface area contributed by atoms with Gasteiger partial charge in [0.1, 0.15) is 0 Å². The summed E-state index contributed by atoms with van der Waals surface area (Å²) < 4.78 is 33.7. The molecule has 0 saturated heterocycles. The maximum absolute atomic E-state index is 12.5. The minimum Gasteiger partial charge on any atom is -0.380 e. The lowest BCUT2D eigenvalue weighted by atomic mass is 10.1. The zero-order chi connectivity index (χ0) is 16.0. The van der Waals surface area contributed by atoms with Crippen LogP contribution in [0.5, 0.6) is 0 Å². The van der Waals surface area contributed by atoms with E-state index in [4.69, 9.17) is 4.74 Å². The first-order valence-corrected chi connectivity index (χ1v) is 9.13. The first kappa shape index (κ1) is 18.6. The molecule has 0 aliphatic carbocycles. The quantitative estimate of drug-likeness (QED) is 0.727. The molecule has 0 saturated carbocycles. The van der Waals surface area contributed by atoms with Gasteiger partial charge in [-0.05, 0) is 51.1 Å². The van der Waals surface area contributed by atoms with Gasteiger partial charge >= 0.3 is 0 Å². The number of rotatable bonds is 8. The molecule has 0 aliphatic rings. The van der Waals surface area contributed by atoms with Crippen molar-refractivity contribution in [3.63, 3.8) is 0 Å². The lowest BCUT2D eigenvalue weighted by molar-refractivity contribution is 0.133. The molecule has 120 valence electrons. The van der Waals surface area contributed by atoms with Crippen LogP contribution in [0.1, 0.15) is 25.0 Å². The SMILES string of the molecule is CCOCC(C)NS(=O)(=O)c1cc(CNC)cc(Br)c1C. The standard InChI is InChI=1S/C14H23BrN2O3S/c1-5-20-9-10(2)17-21(18,19)14-7-12(8-16-4)6-13(15)11(14)3/h6-7,10,16-17H,5,8-9H2,1-4H3. The zero-order valence-electron chi connectivity index (χ0n) is 12.9. The van der Waals surface area contributed by atoms with Crippen molar-refractivity contribution in [3.05, 3.63) is 27.7 Å². The number of hydrogen-bond donors (Lipinski definition) is 2. The molecular weight excluding hydrogens is 356 g/mol. The Kier molecular flexibility index (Phi) is 7.29. The van der Waals surface area contributed by atoms with Crippen molar-refractivity contribution < 1.29 is 13.2 Å². The van der Waals surface area contributed by atoms with E-state index < -0.39 is 10.0 Å². The molecule has 1 rings (SSSR count). The summed E-state index contributed by atoms with van der Waals surface area (Å²) in [5.41, 5.74) is 1.61. The van der Waals surface area contributed by atoms with Crippen molar-refractivity contribution in [2.75, 3.05) is 20.3 Å². The van der Waals surface area contributed by atoms with Gasteiger partial charge in [0.05, 0.1) is 11.5 Å². The number of halogens is 1. The smallest absolute Gasteiger partial charge is 0.241 e. The first-order chi connectivity index (χ1) is 9.81. The van der Waals surface area contributed by atoms with Crippen LogP contribution in [0.2, 0.25) is 0 Å². The number of benzene rings is 1. The maximum Gasteiger partial charge on any atom is 0.241 e. The maximum atomic E-state index is 12.5. The monoisotopic (exact) mass is 378 g/mol. The van der Waals surface area contributed by atoms with E-state index in [9.17, 15) is 8.42 Å². The number of sulfonamides is 1. The summed E-state index contributed by atoms with van der Waals surface area (Å²) in [5.74, 6) is 0. The predicted molar refractivity (Wildman–Crippen MR) is 87.9 cm³/mol. The number of ether oxygens (including phenoxy) is 1. The summed E-state index contributed by atoms with van der Waals surface area (Å²) >= 11 is 3.42. The lowest BCUT2D eigenvalue weighted by Crippen LogP contribution is -2.36. The fourth-order valence-corrected chi connectivity index (χ4v) is 4.13. The molecule has 1 atom stereocenters. The molecule has 0 amide bonds. The van der Waals surface area contributed by atoms with Crippen molar-refractivity contribution in [2.45, 2.75) is 38.3 Å². The Hall–Kier alpha value is -0.470. The van der Waals surface area contributed by atoms with Gasteiger partial charge < -0.3 is 10.1 Å². The minimum atomic E-state index is -3.57. The van der Waals surface area contributed by atoms with Gasteiger partial charge in [-0.1, -0.05) is 15.9 Å². The molecule has 5 nitrogen and oxygen atoms in total. The molecular formula is C14H23BrN2O3S. The van der Waals surface area contributed by atoms with Crippen molar-refractivity contribution >= 4 is 26.0 Å². The van der Waals surface area contributed by atoms with E-state index in [1.165, 1.54) is 0 Å². The number of hydrogen-bond acceptors (Lipinski definition) is 4. The Morgan fingerprint density at radius 3 is 2.62 bits per heavy atom. The van der Waals surface area contributed by atoms with Crippen molar-refractivity contribution in [1.29, 1.82) is 0 Å². The van der Waals surface area contributed by atoms with Gasteiger partial charge in [-0.25, -0.2) is 13.1 Å². The van der Waals surface area contributed by atoms with Crippen LogP contribution >= 0.6 is 15.9 Å². The van der Waals surface area contributed by atoms with Gasteiger partial charge in [-0.2, -0.15) is 0 Å². The van der Waals surface area contributed by atoms with Gasteiger partial charge in [-0.15, -0.1) is 0 Å². The largest absolute Gasteiger partial charge is 0.380 e. The van der Waals surface area contributed by atoms with E-state index in [-0.39, 0.29) is 6.04 Å². The summed E-state index contributed by atoms with van der Waals surface area (Å²) in [6, 6.07) is 3.35. The fourth-order valence-electron chi connectivity index (χ4n) is 1.95. The van der Waals surface area contributed by atoms with E-state index in [0.29, 0.717) is 30.2 Å². The van der Waals surface area contributed by atoms with Crippen molar-refractivity contribution in [1.82, 2.24) is 10.0 Å². The van der Waals surface area contributed by atoms with E-state index in [1.807, 2.05) is 20.0 Å². The second-order valence-corrected chi connectivity index (χ2v) is 7.45. The highest BCUT2D eigenvalue weighted by Crippen LogP contribution is 2.26. The third-order valence-corrected chi connectivity index (χ3v) is 5.49. The zero-order valence-corrected chi connectivity index (χ0v) is 15.3. The Morgan fingerprint density at radius 2 is 2.05 bits per heavy atom. The van der Waals surface area contributed by atoms with E-state index in [2.05, 4.69) is 26.0 Å². The van der Waals surface area contributed by atoms with E-state index in [1.54, 1.807) is 19.9 Å². The molecule has 0 aliphatic heterocycles. The molecule has 0 radical (unpaired) electrons. The minimum absolute atomic E-state index is 0.277. The van der Waals surface area contributed by atoms with Crippen LogP contribution in [-0.2, 0) is 21.3 Å². The molecule has 1 unspecified atom stereocenters. The second kappa shape index (κ2) is 8.24. The van der Waals surface area contributed by atoms with Crippen LogP contribution in [0.15, 0.2) is 21.5 Å². The molecule has 0 fully saturated rings. The molecule has 0 spiro atoms. The third kappa shape index (κ3) is 5.34. The van der Waals surface area contributed by atoms with E-state index >= 15 is 0 Å². The molecule has 21 heavy (non-hydrogen) atoms. The summed E-state index contributed by atoms with van der Waals surface area (Å²) in [6.45, 7) is 6.98. The van der Waals surface area contributed by atoms with Crippen molar-refractivity contribution in [2.24, 2.45) is 0 Å². The topological polar surface area (TPSA) is 67.4 Å². The highest BCUT2D eigenvalue weighted by atomic mass is 79.9. The van der Waals surface area contributed by atoms with Gasteiger partial charge in [0, 0.05) is 23.7 Å². The Bertz CT molecular complexity index is 576. The normalized spacial score (nSPS) is 13.4. The van der Waals surface area contributed by atoms with Crippen molar-refractivity contribution in [3.8, 4) is 0 Å². The van der Waals surface area contributed by atoms with Crippen LogP contribution in [0, 0.1) is 6.92 Å². The molecule has 0 heterocycles. The highest BCUT2D eigenvalue weighted by molar-refractivity contribution is 9.10. The molecule has 7 heteroatoms. The Balaban J connectivity index is 3.06. The average molecular weight is 379 g/mol. The van der Waals surface area contributed by atoms with Gasteiger partial charge in [0.15, 0.2) is 0 Å².